The maximum Gasteiger partial charge on any atom is 0.335 e. The van der Waals surface area contributed by atoms with Gasteiger partial charge in [-0.05, 0) is 36.2 Å². The fourth-order valence-corrected chi connectivity index (χ4v) is 3.18. The van der Waals surface area contributed by atoms with Gasteiger partial charge in [0.25, 0.3) is 5.91 Å². The molecule has 5 nitrogen and oxygen atoms in total. The number of hydrogen-bond acceptors (Lipinski definition) is 3. The molecule has 26 heavy (non-hydrogen) atoms. The van der Waals surface area contributed by atoms with Gasteiger partial charge in [0.15, 0.2) is 17.4 Å². The molecule has 2 aromatic rings. The van der Waals surface area contributed by atoms with Crippen LogP contribution < -0.4 is 4.74 Å². The van der Waals surface area contributed by atoms with Crippen molar-refractivity contribution in [3.8, 4) is 5.75 Å². The minimum atomic E-state index is -0.997. The Morgan fingerprint density at radius 1 is 1.12 bits per heavy atom. The summed E-state index contributed by atoms with van der Waals surface area (Å²) >= 11 is 0. The van der Waals surface area contributed by atoms with Crippen molar-refractivity contribution in [2.24, 2.45) is 0 Å². The van der Waals surface area contributed by atoms with E-state index in [0.717, 1.165) is 24.8 Å². The average Bonchev–Trinajstić information content (AvgIpc) is 3.11. The average molecular weight is 361 g/mol. The van der Waals surface area contributed by atoms with E-state index >= 15 is 0 Å². The molecule has 0 saturated carbocycles. The van der Waals surface area contributed by atoms with Crippen LogP contribution in [0, 0.1) is 11.6 Å². The molecule has 3 rings (SSSR count). The topological polar surface area (TPSA) is 66.8 Å². The highest BCUT2D eigenvalue weighted by Crippen LogP contribution is 2.30. The Bertz CT molecular complexity index is 828. The number of rotatable bonds is 4. The summed E-state index contributed by atoms with van der Waals surface area (Å²) in [5.41, 5.74) is 1.06. The molecule has 1 aliphatic heterocycles. The van der Waals surface area contributed by atoms with Crippen molar-refractivity contribution in [1.29, 1.82) is 0 Å². The first-order valence-corrected chi connectivity index (χ1v) is 8.06. The van der Waals surface area contributed by atoms with Gasteiger partial charge in [0.2, 0.25) is 0 Å². The second-order valence-corrected chi connectivity index (χ2v) is 6.14. The van der Waals surface area contributed by atoms with Crippen molar-refractivity contribution in [1.82, 2.24) is 4.90 Å². The molecule has 0 aliphatic carbocycles. The quantitative estimate of drug-likeness (QED) is 0.907. The second-order valence-electron chi connectivity index (χ2n) is 6.14. The van der Waals surface area contributed by atoms with Crippen molar-refractivity contribution in [3.63, 3.8) is 0 Å². The van der Waals surface area contributed by atoms with Gasteiger partial charge in [0.1, 0.15) is 0 Å². The number of amides is 1. The van der Waals surface area contributed by atoms with Crippen LogP contribution >= 0.6 is 0 Å². The maximum absolute atomic E-state index is 13.8. The Labute approximate surface area is 148 Å². The fraction of sp³-hybridized carbons (Fsp3) is 0.263. The van der Waals surface area contributed by atoms with E-state index in [9.17, 15) is 18.4 Å². The zero-order valence-corrected chi connectivity index (χ0v) is 14.0. The Morgan fingerprint density at radius 3 is 2.27 bits per heavy atom. The Kier molecular flexibility index (Phi) is 4.88. The van der Waals surface area contributed by atoms with Crippen LogP contribution in [-0.4, -0.2) is 42.1 Å². The highest BCUT2D eigenvalue weighted by atomic mass is 19.1. The van der Waals surface area contributed by atoms with E-state index in [4.69, 9.17) is 5.11 Å². The maximum atomic E-state index is 13.8. The summed E-state index contributed by atoms with van der Waals surface area (Å²) in [6.07, 6.45) is 0.694. The summed E-state index contributed by atoms with van der Waals surface area (Å²) in [5, 5.41) is 8.94. The summed E-state index contributed by atoms with van der Waals surface area (Å²) in [5.74, 6) is -3.75. The molecule has 0 radical (unpaired) electrons. The van der Waals surface area contributed by atoms with Crippen molar-refractivity contribution >= 4 is 11.9 Å². The summed E-state index contributed by atoms with van der Waals surface area (Å²) in [6, 6.07) is 8.45. The van der Waals surface area contributed by atoms with Crippen molar-refractivity contribution in [3.05, 3.63) is 64.7 Å². The monoisotopic (exact) mass is 361 g/mol. The number of likely N-dealkylation sites (tertiary alicyclic amines) is 1. The molecule has 1 N–H and O–H groups in total. The molecule has 1 unspecified atom stereocenters. The molecule has 7 heteroatoms. The third kappa shape index (κ3) is 3.37. The minimum Gasteiger partial charge on any atom is -0.491 e. The van der Waals surface area contributed by atoms with Gasteiger partial charge in [-0.15, -0.1) is 0 Å². The number of carbonyl (C=O) groups excluding carboxylic acids is 1. The van der Waals surface area contributed by atoms with Crippen molar-refractivity contribution in [2.75, 3.05) is 20.2 Å². The lowest BCUT2D eigenvalue weighted by atomic mass is 9.97. The molecule has 0 bridgehead atoms. The van der Waals surface area contributed by atoms with E-state index in [1.165, 1.54) is 17.0 Å². The molecule has 1 amide bonds. The number of benzene rings is 2. The van der Waals surface area contributed by atoms with E-state index in [-0.39, 0.29) is 17.0 Å². The number of nitrogens with zero attached hydrogens (tertiary/aromatic N) is 1. The van der Waals surface area contributed by atoms with E-state index in [1.807, 2.05) is 0 Å². The number of methoxy groups -OCH3 is 1. The predicted octanol–water partition coefficient (Wildman–Crippen LogP) is 3.30. The van der Waals surface area contributed by atoms with Crippen LogP contribution in [0.15, 0.2) is 36.4 Å². The van der Waals surface area contributed by atoms with Gasteiger partial charge in [0.05, 0.1) is 12.7 Å². The highest BCUT2D eigenvalue weighted by Gasteiger charge is 2.29. The van der Waals surface area contributed by atoms with E-state index in [2.05, 4.69) is 4.74 Å². The second kappa shape index (κ2) is 7.11. The largest absolute Gasteiger partial charge is 0.491 e. The first-order chi connectivity index (χ1) is 12.4. The number of hydrogen-bond donors (Lipinski definition) is 1. The molecule has 1 saturated heterocycles. The van der Waals surface area contributed by atoms with Gasteiger partial charge in [-0.3, -0.25) is 4.79 Å². The Balaban J connectivity index is 1.74. The lowest BCUT2D eigenvalue weighted by molar-refractivity contribution is 0.0696. The molecule has 1 atom stereocenters. The normalized spacial score (nSPS) is 16.6. The summed E-state index contributed by atoms with van der Waals surface area (Å²) < 4.78 is 32.3. The zero-order chi connectivity index (χ0) is 18.8. The molecule has 0 spiro atoms. The highest BCUT2D eigenvalue weighted by molar-refractivity contribution is 5.94. The molecular weight excluding hydrogens is 344 g/mol. The Hall–Kier alpha value is -2.96. The number of aromatic carboxylic acids is 1. The lowest BCUT2D eigenvalue weighted by Gasteiger charge is -2.17. The van der Waals surface area contributed by atoms with Gasteiger partial charge in [0, 0.05) is 24.6 Å². The SMILES string of the molecule is COc1c(F)cc(C(=O)N2CCC(c3ccc(C(=O)O)cc3)C2)cc1F. The van der Waals surface area contributed by atoms with Crippen molar-refractivity contribution in [2.45, 2.75) is 12.3 Å². The molecule has 1 aliphatic rings. The van der Waals surface area contributed by atoms with E-state index < -0.39 is 29.3 Å². The summed E-state index contributed by atoms with van der Waals surface area (Å²) in [7, 11) is 1.16. The molecule has 2 aromatic carbocycles. The van der Waals surface area contributed by atoms with Gasteiger partial charge >= 0.3 is 5.97 Å². The number of carboxylic acid groups (broad SMARTS) is 1. The predicted molar refractivity (Wildman–Crippen MR) is 89.6 cm³/mol. The third-order valence-corrected chi connectivity index (χ3v) is 4.55. The third-order valence-electron chi connectivity index (χ3n) is 4.55. The van der Waals surface area contributed by atoms with Crippen LogP contribution in [0.1, 0.15) is 38.6 Å². The van der Waals surface area contributed by atoms with Crippen LogP contribution in [0.25, 0.3) is 0 Å². The zero-order valence-electron chi connectivity index (χ0n) is 14.0. The van der Waals surface area contributed by atoms with Gasteiger partial charge < -0.3 is 14.7 Å². The van der Waals surface area contributed by atoms with Gasteiger partial charge in [-0.1, -0.05) is 12.1 Å². The van der Waals surface area contributed by atoms with E-state index in [0.29, 0.717) is 19.5 Å². The standard InChI is InChI=1S/C19H17F2NO4/c1-26-17-15(20)8-14(9-16(17)21)18(23)22-7-6-13(10-22)11-2-4-12(5-3-11)19(24)25/h2-5,8-9,13H,6-7,10H2,1H3,(H,24,25). The molecule has 1 fully saturated rings. The summed E-state index contributed by atoms with van der Waals surface area (Å²) in [6.45, 7) is 0.861. The fourth-order valence-electron chi connectivity index (χ4n) is 3.18. The van der Waals surface area contributed by atoms with Crippen LogP contribution in [0.5, 0.6) is 5.75 Å². The van der Waals surface area contributed by atoms with Crippen LogP contribution in [0.3, 0.4) is 0 Å². The first-order valence-electron chi connectivity index (χ1n) is 8.06. The van der Waals surface area contributed by atoms with Gasteiger partial charge in [-0.25, -0.2) is 13.6 Å². The first kappa shape index (κ1) is 17.8. The number of carbonyl (C=O) groups is 2. The number of halogens is 2. The lowest BCUT2D eigenvalue weighted by Crippen LogP contribution is -2.28. The molecule has 1 heterocycles. The molecule has 136 valence electrons. The van der Waals surface area contributed by atoms with Crippen LogP contribution in [-0.2, 0) is 0 Å². The van der Waals surface area contributed by atoms with E-state index in [1.54, 1.807) is 12.1 Å². The minimum absolute atomic E-state index is 0.0507. The van der Waals surface area contributed by atoms with Gasteiger partial charge in [-0.2, -0.15) is 0 Å². The number of carboxylic acids is 1. The van der Waals surface area contributed by atoms with Crippen molar-refractivity contribution < 1.29 is 28.2 Å². The summed E-state index contributed by atoms with van der Waals surface area (Å²) in [4.78, 5) is 25.0. The van der Waals surface area contributed by atoms with Crippen LogP contribution in [0.2, 0.25) is 0 Å². The number of ether oxygens (including phenoxy) is 1. The molecular formula is C19H17F2NO4. The van der Waals surface area contributed by atoms with Crippen LogP contribution in [0.4, 0.5) is 8.78 Å². The molecule has 0 aromatic heterocycles. The Morgan fingerprint density at radius 2 is 1.73 bits per heavy atom. The smallest absolute Gasteiger partial charge is 0.335 e.